The number of rotatable bonds is 7. The third kappa shape index (κ3) is 5.37. The molecule has 1 aliphatic rings. The van der Waals surface area contributed by atoms with E-state index in [4.69, 9.17) is 4.74 Å². The average Bonchev–Trinajstić information content (AvgIpc) is 3.15. The highest BCUT2D eigenvalue weighted by Gasteiger charge is 2.36. The molecule has 9 nitrogen and oxygen atoms in total. The van der Waals surface area contributed by atoms with E-state index in [-0.39, 0.29) is 37.1 Å². The predicted octanol–water partition coefficient (Wildman–Crippen LogP) is 0.937. The molecule has 0 bridgehead atoms. The van der Waals surface area contributed by atoms with Crippen LogP contribution in [0.15, 0.2) is 34.0 Å². The van der Waals surface area contributed by atoms with E-state index in [1.807, 2.05) is 0 Å². The quantitative estimate of drug-likeness (QED) is 0.393. The summed E-state index contributed by atoms with van der Waals surface area (Å²) in [5.74, 6) is -2.37. The summed E-state index contributed by atoms with van der Waals surface area (Å²) in [6, 6.07) is 1.87. The molecule has 0 radical (unpaired) electrons. The molecular formula is C21H23F4N3O6. The van der Waals surface area contributed by atoms with Crippen LogP contribution >= 0.6 is 0 Å². The fourth-order valence-corrected chi connectivity index (χ4v) is 3.64. The smallest absolute Gasteiger partial charge is 0.394 e. The minimum atomic E-state index is -4.96. The highest BCUT2D eigenvalue weighted by atomic mass is 19.4. The lowest BCUT2D eigenvalue weighted by molar-refractivity contribution is -0.140. The molecule has 2 heterocycles. The van der Waals surface area contributed by atoms with Gasteiger partial charge < -0.3 is 20.3 Å². The van der Waals surface area contributed by atoms with Crippen molar-refractivity contribution >= 4 is 5.91 Å². The summed E-state index contributed by atoms with van der Waals surface area (Å²) in [6.07, 6.45) is -6.26. The Morgan fingerprint density at radius 3 is 2.62 bits per heavy atom. The summed E-state index contributed by atoms with van der Waals surface area (Å²) < 4.78 is 59.4. The molecule has 3 atom stereocenters. The molecule has 1 fully saturated rings. The predicted molar refractivity (Wildman–Crippen MR) is 110 cm³/mol. The Kier molecular flexibility index (Phi) is 7.58. The third-order valence-electron chi connectivity index (χ3n) is 5.44. The van der Waals surface area contributed by atoms with Gasteiger partial charge in [-0.3, -0.25) is 18.7 Å². The highest BCUT2D eigenvalue weighted by Crippen LogP contribution is 2.32. The van der Waals surface area contributed by atoms with E-state index >= 15 is 0 Å². The first-order valence-electron chi connectivity index (χ1n) is 10.4. The monoisotopic (exact) mass is 489 g/mol. The van der Waals surface area contributed by atoms with Crippen LogP contribution in [0.2, 0.25) is 0 Å². The molecule has 186 valence electrons. The summed E-state index contributed by atoms with van der Waals surface area (Å²) >= 11 is 0. The first-order valence-corrected chi connectivity index (χ1v) is 10.4. The number of alkyl halides is 3. The topological polar surface area (TPSA) is 123 Å². The van der Waals surface area contributed by atoms with Crippen molar-refractivity contribution in [2.75, 3.05) is 13.2 Å². The van der Waals surface area contributed by atoms with E-state index in [9.17, 15) is 42.2 Å². The second kappa shape index (κ2) is 10.1. The number of nitrogens with zero attached hydrogens (tertiary/aromatic N) is 2. The summed E-state index contributed by atoms with van der Waals surface area (Å²) in [6.45, 7) is 0.847. The van der Waals surface area contributed by atoms with Crippen molar-refractivity contribution in [1.29, 1.82) is 0 Å². The molecule has 1 saturated heterocycles. The van der Waals surface area contributed by atoms with E-state index in [0.717, 1.165) is 15.2 Å². The molecule has 3 rings (SSSR count). The van der Waals surface area contributed by atoms with Gasteiger partial charge in [-0.1, -0.05) is 0 Å². The number of aliphatic hydroxyl groups excluding tert-OH is 2. The molecule has 1 amide bonds. The van der Waals surface area contributed by atoms with Crippen molar-refractivity contribution < 1.29 is 37.3 Å². The van der Waals surface area contributed by atoms with Crippen LogP contribution in [0.4, 0.5) is 17.6 Å². The van der Waals surface area contributed by atoms with Gasteiger partial charge in [0.05, 0.1) is 18.3 Å². The maximum Gasteiger partial charge on any atom is 0.419 e. The number of halogens is 4. The molecule has 0 unspecified atom stereocenters. The van der Waals surface area contributed by atoms with Gasteiger partial charge in [0.25, 0.3) is 11.5 Å². The molecule has 0 aliphatic carbocycles. The molecule has 13 heteroatoms. The van der Waals surface area contributed by atoms with Crippen molar-refractivity contribution in [1.82, 2.24) is 14.5 Å². The lowest BCUT2D eigenvalue weighted by Gasteiger charge is -2.17. The number of aryl methyl sites for hydroxylation is 1. The molecule has 2 aromatic rings. The van der Waals surface area contributed by atoms with Crippen molar-refractivity contribution in [2.24, 2.45) is 0 Å². The molecule has 34 heavy (non-hydrogen) atoms. The molecule has 0 saturated carbocycles. The normalized spacial score (nSPS) is 20.5. The number of nitrogens with one attached hydrogen (secondary N) is 1. The molecule has 1 aliphatic heterocycles. The summed E-state index contributed by atoms with van der Waals surface area (Å²) in [4.78, 5) is 37.4. The second-order valence-electron chi connectivity index (χ2n) is 7.88. The van der Waals surface area contributed by atoms with Gasteiger partial charge in [-0.2, -0.15) is 13.2 Å². The van der Waals surface area contributed by atoms with Gasteiger partial charge in [0.1, 0.15) is 18.1 Å². The first-order chi connectivity index (χ1) is 15.9. The number of aliphatic hydroxyl groups is 2. The van der Waals surface area contributed by atoms with Gasteiger partial charge in [-0.05, 0) is 31.5 Å². The van der Waals surface area contributed by atoms with Crippen LogP contribution in [0.5, 0.6) is 0 Å². The van der Waals surface area contributed by atoms with Gasteiger partial charge in [0.2, 0.25) is 0 Å². The maximum atomic E-state index is 13.4. The number of benzene rings is 1. The van der Waals surface area contributed by atoms with Crippen LogP contribution < -0.4 is 16.6 Å². The first kappa shape index (κ1) is 25.6. The zero-order valence-electron chi connectivity index (χ0n) is 18.0. The van der Waals surface area contributed by atoms with E-state index < -0.39 is 59.8 Å². The van der Waals surface area contributed by atoms with Gasteiger partial charge >= 0.3 is 11.9 Å². The lowest BCUT2D eigenvalue weighted by atomic mass is 10.1. The lowest BCUT2D eigenvalue weighted by Crippen LogP contribution is -2.42. The molecule has 1 aromatic heterocycles. The average molecular weight is 489 g/mol. The zero-order chi connectivity index (χ0) is 25.2. The van der Waals surface area contributed by atoms with Gasteiger partial charge in [-0.15, -0.1) is 0 Å². The fraction of sp³-hybridized carbons (Fsp3) is 0.476. The Hall–Kier alpha value is -3.03. The number of hydrogen-bond acceptors (Lipinski definition) is 6. The Morgan fingerprint density at radius 2 is 2.00 bits per heavy atom. The van der Waals surface area contributed by atoms with Crippen molar-refractivity contribution in [3.8, 4) is 0 Å². The minimum absolute atomic E-state index is 0.0381. The standard InChI is InChI=1S/C21H23F4N3O6/c1-11-9-28(17-8-15(30)16(10-29)34-17)20(33)27(19(11)32)6-2-5-26-18(31)12-3-4-14(22)13(7-12)21(23,24)25/h3-4,7,9,15-17,29-30H,2,5-6,8,10H2,1H3,(H,26,31)/t15-,16+,17+/m0/s1. The van der Waals surface area contributed by atoms with Crippen LogP contribution in [-0.2, 0) is 17.5 Å². The fourth-order valence-electron chi connectivity index (χ4n) is 3.64. The van der Waals surface area contributed by atoms with Crippen LogP contribution in [0.1, 0.15) is 40.6 Å². The van der Waals surface area contributed by atoms with Crippen molar-refractivity contribution in [3.63, 3.8) is 0 Å². The van der Waals surface area contributed by atoms with E-state index in [1.165, 1.54) is 13.1 Å². The summed E-state index contributed by atoms with van der Waals surface area (Å²) in [5, 5.41) is 21.5. The summed E-state index contributed by atoms with van der Waals surface area (Å²) in [5.41, 5.74) is -3.02. The van der Waals surface area contributed by atoms with E-state index in [1.54, 1.807) is 0 Å². The van der Waals surface area contributed by atoms with Crippen LogP contribution in [-0.4, -0.2) is 50.6 Å². The number of carbonyl (C=O) groups excluding carboxylic acids is 1. The Balaban J connectivity index is 1.68. The van der Waals surface area contributed by atoms with Crippen molar-refractivity contribution in [3.05, 3.63) is 67.7 Å². The Bertz CT molecular complexity index is 1180. The van der Waals surface area contributed by atoms with Crippen LogP contribution in [0.3, 0.4) is 0 Å². The van der Waals surface area contributed by atoms with E-state index in [2.05, 4.69) is 5.32 Å². The molecule has 1 aromatic carbocycles. The SMILES string of the molecule is Cc1cn([C@H]2C[C@H](O)[C@@H](CO)O2)c(=O)n(CCCNC(=O)c2ccc(F)c(C(F)(F)F)c2)c1=O. The van der Waals surface area contributed by atoms with E-state index in [0.29, 0.717) is 12.1 Å². The number of amides is 1. The maximum absolute atomic E-state index is 13.4. The van der Waals surface area contributed by atoms with Crippen LogP contribution in [0, 0.1) is 12.7 Å². The van der Waals surface area contributed by atoms with Gasteiger partial charge in [0, 0.05) is 36.8 Å². The molecule has 3 N–H and O–H groups in total. The number of aromatic nitrogens is 2. The molecule has 0 spiro atoms. The van der Waals surface area contributed by atoms with Gasteiger partial charge in [0.15, 0.2) is 0 Å². The summed E-state index contributed by atoms with van der Waals surface area (Å²) in [7, 11) is 0. The largest absolute Gasteiger partial charge is 0.419 e. The highest BCUT2D eigenvalue weighted by molar-refractivity contribution is 5.94. The van der Waals surface area contributed by atoms with Gasteiger partial charge in [-0.25, -0.2) is 9.18 Å². The number of hydrogen-bond donors (Lipinski definition) is 3. The molecular weight excluding hydrogens is 466 g/mol. The minimum Gasteiger partial charge on any atom is -0.394 e. The zero-order valence-corrected chi connectivity index (χ0v) is 18.0. The third-order valence-corrected chi connectivity index (χ3v) is 5.44. The van der Waals surface area contributed by atoms with Crippen LogP contribution in [0.25, 0.3) is 0 Å². The number of ether oxygens (including phenoxy) is 1. The number of carbonyl (C=O) groups is 1. The van der Waals surface area contributed by atoms with Crippen molar-refractivity contribution in [2.45, 2.75) is 50.9 Å². The Morgan fingerprint density at radius 1 is 1.29 bits per heavy atom. The Labute approximate surface area is 190 Å². The second-order valence-corrected chi connectivity index (χ2v) is 7.88.